The minimum Gasteiger partial charge on any atom is -0.467 e. The standard InChI is InChI=1S/C16H17Cl2NO3/c1-22-15(21)16(8-2-3-9-16)19-14(20)7-4-11-10-12(17)5-6-13(11)18/h4-7,10H,2-3,8-9H2,1H3,(H,19,20)/b7-4+. The molecule has 0 radical (unpaired) electrons. The summed E-state index contributed by atoms with van der Waals surface area (Å²) >= 11 is 11.9. The Bertz CT molecular complexity index is 607. The lowest BCUT2D eigenvalue weighted by Crippen LogP contribution is -2.52. The summed E-state index contributed by atoms with van der Waals surface area (Å²) in [5, 5.41) is 3.80. The molecule has 4 nitrogen and oxygen atoms in total. The molecular formula is C16H17Cl2NO3. The number of esters is 1. The first-order valence-corrected chi connectivity index (χ1v) is 7.76. The van der Waals surface area contributed by atoms with E-state index in [2.05, 4.69) is 5.32 Å². The molecule has 1 aromatic rings. The quantitative estimate of drug-likeness (QED) is 0.672. The van der Waals surface area contributed by atoms with E-state index in [-0.39, 0.29) is 5.91 Å². The second kappa shape index (κ2) is 7.16. The molecule has 0 aliphatic heterocycles. The van der Waals surface area contributed by atoms with Crippen molar-refractivity contribution in [3.05, 3.63) is 39.9 Å². The van der Waals surface area contributed by atoms with Gasteiger partial charge in [0.1, 0.15) is 5.54 Å². The Hall–Kier alpha value is -1.52. The van der Waals surface area contributed by atoms with E-state index >= 15 is 0 Å². The minimum atomic E-state index is -0.908. The van der Waals surface area contributed by atoms with Gasteiger partial charge in [-0.2, -0.15) is 0 Å². The van der Waals surface area contributed by atoms with Crippen LogP contribution in [0, 0.1) is 0 Å². The van der Waals surface area contributed by atoms with E-state index in [0.717, 1.165) is 12.8 Å². The second-order valence-corrected chi connectivity index (χ2v) is 6.11. The average Bonchev–Trinajstić information content (AvgIpc) is 2.97. The van der Waals surface area contributed by atoms with Crippen molar-refractivity contribution in [1.29, 1.82) is 0 Å². The zero-order chi connectivity index (χ0) is 16.2. The topological polar surface area (TPSA) is 55.4 Å². The number of carbonyl (C=O) groups excluding carboxylic acids is 2. The lowest BCUT2D eigenvalue weighted by molar-refractivity contribution is -0.150. The van der Waals surface area contributed by atoms with E-state index in [1.165, 1.54) is 13.2 Å². The summed E-state index contributed by atoms with van der Waals surface area (Å²) in [5.41, 5.74) is -0.267. The van der Waals surface area contributed by atoms with Crippen LogP contribution >= 0.6 is 23.2 Å². The fourth-order valence-electron chi connectivity index (χ4n) is 2.64. The Labute approximate surface area is 139 Å². The normalized spacial score (nSPS) is 16.7. The summed E-state index contributed by atoms with van der Waals surface area (Å²) in [6.07, 6.45) is 5.89. The molecule has 6 heteroatoms. The minimum absolute atomic E-state index is 0.358. The molecule has 0 spiro atoms. The van der Waals surface area contributed by atoms with Crippen LogP contribution in [0.4, 0.5) is 0 Å². The Kier molecular flexibility index (Phi) is 5.48. The van der Waals surface area contributed by atoms with Crippen molar-refractivity contribution in [3.63, 3.8) is 0 Å². The van der Waals surface area contributed by atoms with Gasteiger partial charge in [0.15, 0.2) is 0 Å². The number of halogens is 2. The van der Waals surface area contributed by atoms with Gasteiger partial charge >= 0.3 is 5.97 Å². The summed E-state index contributed by atoms with van der Waals surface area (Å²) in [6.45, 7) is 0. The van der Waals surface area contributed by atoms with Gasteiger partial charge in [0.25, 0.3) is 0 Å². The van der Waals surface area contributed by atoms with Crippen LogP contribution in [0.1, 0.15) is 31.2 Å². The Balaban J connectivity index is 2.10. The molecule has 1 aliphatic rings. The van der Waals surface area contributed by atoms with Crippen molar-refractivity contribution in [2.45, 2.75) is 31.2 Å². The maximum Gasteiger partial charge on any atom is 0.331 e. The number of rotatable bonds is 4. The highest BCUT2D eigenvalue weighted by molar-refractivity contribution is 6.34. The van der Waals surface area contributed by atoms with Crippen molar-refractivity contribution < 1.29 is 14.3 Å². The molecule has 1 saturated carbocycles. The highest BCUT2D eigenvalue weighted by atomic mass is 35.5. The monoisotopic (exact) mass is 341 g/mol. The summed E-state index contributed by atoms with van der Waals surface area (Å²) in [6, 6.07) is 5.00. The van der Waals surface area contributed by atoms with E-state index in [4.69, 9.17) is 27.9 Å². The number of nitrogens with one attached hydrogen (secondary N) is 1. The summed E-state index contributed by atoms with van der Waals surface area (Å²) in [7, 11) is 1.33. The number of benzene rings is 1. The van der Waals surface area contributed by atoms with Gasteiger partial charge in [0.05, 0.1) is 7.11 Å². The fraction of sp³-hybridized carbons (Fsp3) is 0.375. The third kappa shape index (κ3) is 3.81. The van der Waals surface area contributed by atoms with Gasteiger partial charge in [-0.15, -0.1) is 0 Å². The zero-order valence-electron chi connectivity index (χ0n) is 12.2. The maximum absolute atomic E-state index is 12.1. The molecule has 0 aromatic heterocycles. The molecule has 118 valence electrons. The summed E-state index contributed by atoms with van der Waals surface area (Å²) < 4.78 is 4.82. The largest absolute Gasteiger partial charge is 0.467 e. The SMILES string of the molecule is COC(=O)C1(NC(=O)/C=C/c2cc(Cl)ccc2Cl)CCCC1. The van der Waals surface area contributed by atoms with Crippen LogP contribution in [0.25, 0.3) is 6.08 Å². The highest BCUT2D eigenvalue weighted by Crippen LogP contribution is 2.31. The van der Waals surface area contributed by atoms with E-state index in [0.29, 0.717) is 28.5 Å². The molecule has 0 bridgehead atoms. The maximum atomic E-state index is 12.1. The average molecular weight is 342 g/mol. The molecule has 1 amide bonds. The zero-order valence-corrected chi connectivity index (χ0v) is 13.7. The highest BCUT2D eigenvalue weighted by Gasteiger charge is 2.43. The lowest BCUT2D eigenvalue weighted by Gasteiger charge is -2.26. The van der Waals surface area contributed by atoms with Gasteiger partial charge in [0.2, 0.25) is 5.91 Å². The third-order valence-electron chi connectivity index (χ3n) is 3.77. The lowest BCUT2D eigenvalue weighted by atomic mass is 9.97. The molecule has 0 atom stereocenters. The van der Waals surface area contributed by atoms with E-state index in [9.17, 15) is 9.59 Å². The second-order valence-electron chi connectivity index (χ2n) is 5.27. The number of ether oxygens (including phenoxy) is 1. The van der Waals surface area contributed by atoms with Crippen LogP contribution in [0.5, 0.6) is 0 Å². The van der Waals surface area contributed by atoms with Crippen LogP contribution < -0.4 is 5.32 Å². The van der Waals surface area contributed by atoms with Crippen molar-refractivity contribution in [3.8, 4) is 0 Å². The van der Waals surface area contributed by atoms with Crippen LogP contribution in [-0.2, 0) is 14.3 Å². The number of hydrogen-bond acceptors (Lipinski definition) is 3. The molecule has 0 heterocycles. The number of methoxy groups -OCH3 is 1. The van der Waals surface area contributed by atoms with Crippen LogP contribution in [0.15, 0.2) is 24.3 Å². The van der Waals surface area contributed by atoms with Crippen molar-refractivity contribution in [1.82, 2.24) is 5.32 Å². The van der Waals surface area contributed by atoms with Gasteiger partial charge in [-0.1, -0.05) is 36.0 Å². The first kappa shape index (κ1) is 16.8. The van der Waals surface area contributed by atoms with Gasteiger partial charge in [-0.05, 0) is 42.7 Å². The Morgan fingerprint density at radius 2 is 1.95 bits per heavy atom. The Morgan fingerprint density at radius 3 is 2.59 bits per heavy atom. The summed E-state index contributed by atoms with van der Waals surface area (Å²) in [5.74, 6) is -0.754. The molecule has 0 saturated heterocycles. The predicted molar refractivity (Wildman–Crippen MR) is 86.9 cm³/mol. The first-order chi connectivity index (χ1) is 10.5. The van der Waals surface area contributed by atoms with E-state index < -0.39 is 11.5 Å². The van der Waals surface area contributed by atoms with Gasteiger partial charge < -0.3 is 10.1 Å². The Morgan fingerprint density at radius 1 is 1.27 bits per heavy atom. The van der Waals surface area contributed by atoms with Crippen molar-refractivity contribution in [2.24, 2.45) is 0 Å². The molecular weight excluding hydrogens is 325 g/mol. The molecule has 1 fully saturated rings. The van der Waals surface area contributed by atoms with E-state index in [1.54, 1.807) is 24.3 Å². The fourth-order valence-corrected chi connectivity index (χ4v) is 3.00. The predicted octanol–water partition coefficient (Wildman–Crippen LogP) is 3.61. The molecule has 1 aliphatic carbocycles. The van der Waals surface area contributed by atoms with E-state index in [1.807, 2.05) is 0 Å². The summed E-state index contributed by atoms with van der Waals surface area (Å²) in [4.78, 5) is 24.1. The number of amides is 1. The molecule has 1 aromatic carbocycles. The van der Waals surface area contributed by atoms with Gasteiger partial charge in [-0.3, -0.25) is 4.79 Å². The smallest absolute Gasteiger partial charge is 0.331 e. The van der Waals surface area contributed by atoms with Crippen LogP contribution in [0.2, 0.25) is 10.0 Å². The first-order valence-electron chi connectivity index (χ1n) is 7.00. The van der Waals surface area contributed by atoms with Gasteiger partial charge in [-0.25, -0.2) is 4.79 Å². The van der Waals surface area contributed by atoms with Crippen molar-refractivity contribution >= 4 is 41.2 Å². The van der Waals surface area contributed by atoms with Crippen LogP contribution in [-0.4, -0.2) is 24.5 Å². The van der Waals surface area contributed by atoms with Crippen LogP contribution in [0.3, 0.4) is 0 Å². The molecule has 0 unspecified atom stereocenters. The molecule has 2 rings (SSSR count). The molecule has 22 heavy (non-hydrogen) atoms. The van der Waals surface area contributed by atoms with Crippen molar-refractivity contribution in [2.75, 3.05) is 7.11 Å². The molecule has 1 N–H and O–H groups in total. The number of carbonyl (C=O) groups is 2. The van der Waals surface area contributed by atoms with Gasteiger partial charge in [0, 0.05) is 16.1 Å². The number of hydrogen-bond donors (Lipinski definition) is 1. The third-order valence-corrected chi connectivity index (χ3v) is 4.35.